The standard InChI is InChI=1S/C26H33N3O11/c1-27-22(31)19(5-3-13-30)28-23(32)21-18(24(33)34)4-2-6-20(21)40-26(37,38)17-9-7-16(8-10-17)25(35,36)29-11-14-39-15-12-29/h2,4,6-10,13,19,23,28,32,35-38H,3,5,11-12,14-15H2,1H3,(H,27,31)(H,33,34). The third kappa shape index (κ3) is 7.18. The molecule has 1 aliphatic heterocycles. The third-order valence-corrected chi connectivity index (χ3v) is 6.42. The second kappa shape index (κ2) is 13.3. The molecule has 14 heteroatoms. The zero-order valence-electron chi connectivity index (χ0n) is 21.7. The monoisotopic (exact) mass is 563 g/mol. The number of aromatic carboxylic acids is 1. The van der Waals surface area contributed by atoms with Crippen molar-refractivity contribution in [3.63, 3.8) is 0 Å². The van der Waals surface area contributed by atoms with Crippen LogP contribution in [0.5, 0.6) is 5.75 Å². The van der Waals surface area contributed by atoms with Gasteiger partial charge in [0, 0.05) is 32.1 Å². The number of morpholine rings is 1. The van der Waals surface area contributed by atoms with Crippen LogP contribution in [-0.2, 0) is 26.2 Å². The molecule has 1 aliphatic rings. The molecule has 2 unspecified atom stereocenters. The maximum atomic E-state index is 12.2. The van der Waals surface area contributed by atoms with Gasteiger partial charge in [-0.2, -0.15) is 0 Å². The maximum Gasteiger partial charge on any atom is 0.351 e. The molecule has 1 heterocycles. The van der Waals surface area contributed by atoms with E-state index in [9.17, 15) is 45.0 Å². The number of benzene rings is 2. The quantitative estimate of drug-likeness (QED) is 0.105. The molecule has 3 rings (SSSR count). The van der Waals surface area contributed by atoms with Crippen LogP contribution in [0.2, 0.25) is 0 Å². The molecule has 218 valence electrons. The fourth-order valence-electron chi connectivity index (χ4n) is 4.26. The highest BCUT2D eigenvalue weighted by Gasteiger charge is 2.37. The van der Waals surface area contributed by atoms with E-state index in [1.165, 1.54) is 48.3 Å². The van der Waals surface area contributed by atoms with Gasteiger partial charge in [0.25, 0.3) is 5.91 Å². The Morgan fingerprint density at radius 3 is 2.27 bits per heavy atom. The Hall–Kier alpha value is -3.47. The van der Waals surface area contributed by atoms with Crippen LogP contribution in [0.25, 0.3) is 0 Å². The number of carbonyl (C=O) groups excluding carboxylic acids is 2. The van der Waals surface area contributed by atoms with Crippen LogP contribution in [0.1, 0.15) is 46.1 Å². The van der Waals surface area contributed by atoms with Crippen molar-refractivity contribution in [1.29, 1.82) is 0 Å². The first kappa shape index (κ1) is 31.1. The van der Waals surface area contributed by atoms with Crippen LogP contribution in [0.4, 0.5) is 0 Å². The number of aldehydes is 1. The normalized spacial score (nSPS) is 16.1. The summed E-state index contributed by atoms with van der Waals surface area (Å²) in [6, 6.07) is 7.35. The fraction of sp³-hybridized carbons (Fsp3) is 0.423. The van der Waals surface area contributed by atoms with Crippen LogP contribution in [0.3, 0.4) is 0 Å². The van der Waals surface area contributed by atoms with Gasteiger partial charge in [0.1, 0.15) is 18.3 Å². The van der Waals surface area contributed by atoms with Crippen molar-refractivity contribution in [3.05, 3.63) is 64.7 Å². The molecule has 0 bridgehead atoms. The van der Waals surface area contributed by atoms with E-state index in [-0.39, 0.29) is 37.1 Å². The Balaban J connectivity index is 1.90. The number of carboxylic acids is 1. The second-order valence-electron chi connectivity index (χ2n) is 9.03. The Morgan fingerprint density at radius 2 is 1.70 bits per heavy atom. The molecular weight excluding hydrogens is 530 g/mol. The smallest absolute Gasteiger partial charge is 0.351 e. The van der Waals surface area contributed by atoms with Crippen LogP contribution in [0.15, 0.2) is 42.5 Å². The lowest BCUT2D eigenvalue weighted by molar-refractivity contribution is -0.304. The van der Waals surface area contributed by atoms with Crippen molar-refractivity contribution in [3.8, 4) is 5.75 Å². The summed E-state index contributed by atoms with van der Waals surface area (Å²) in [7, 11) is 1.35. The SMILES string of the molecule is CNC(=O)C(CCC=O)NC(O)c1c(OC(O)(O)c2ccc(C(O)(O)N3CCOCC3)cc2)cccc1C(=O)O. The van der Waals surface area contributed by atoms with E-state index < -0.39 is 52.9 Å². The van der Waals surface area contributed by atoms with Crippen molar-refractivity contribution < 1.29 is 54.5 Å². The Labute approximate surface area is 229 Å². The summed E-state index contributed by atoms with van der Waals surface area (Å²) in [6.07, 6.45) is -1.29. The molecule has 8 N–H and O–H groups in total. The number of ether oxygens (including phenoxy) is 2. The summed E-state index contributed by atoms with van der Waals surface area (Å²) < 4.78 is 10.6. The largest absolute Gasteiger partial charge is 0.478 e. The van der Waals surface area contributed by atoms with Gasteiger partial charge in [0.05, 0.1) is 35.9 Å². The number of carboxylic acid groups (broad SMARTS) is 1. The van der Waals surface area contributed by atoms with Gasteiger partial charge in [-0.25, -0.2) is 9.69 Å². The van der Waals surface area contributed by atoms with Gasteiger partial charge in [-0.3, -0.25) is 10.1 Å². The number of aliphatic hydroxyl groups is 5. The van der Waals surface area contributed by atoms with Gasteiger partial charge in [-0.05, 0) is 30.7 Å². The zero-order chi connectivity index (χ0) is 29.5. The average molecular weight is 564 g/mol. The number of likely N-dealkylation sites (N-methyl/N-ethyl adjacent to an activating group) is 1. The summed E-state index contributed by atoms with van der Waals surface area (Å²) in [6.45, 7) is 1.14. The van der Waals surface area contributed by atoms with Crippen LogP contribution in [-0.4, -0.2) is 93.1 Å². The van der Waals surface area contributed by atoms with Crippen molar-refractivity contribution in [1.82, 2.24) is 15.5 Å². The van der Waals surface area contributed by atoms with E-state index in [4.69, 9.17) is 9.47 Å². The van der Waals surface area contributed by atoms with Crippen molar-refractivity contribution in [2.24, 2.45) is 0 Å². The molecular formula is C26H33N3O11. The van der Waals surface area contributed by atoms with Gasteiger partial charge < -0.3 is 50.2 Å². The molecule has 2 atom stereocenters. The molecule has 0 radical (unpaired) electrons. The first-order valence-electron chi connectivity index (χ1n) is 12.4. The minimum Gasteiger partial charge on any atom is -0.478 e. The lowest BCUT2D eigenvalue weighted by Crippen LogP contribution is -2.51. The molecule has 2 aromatic rings. The number of nitrogens with zero attached hydrogens (tertiary/aromatic N) is 1. The molecule has 0 saturated carbocycles. The molecule has 40 heavy (non-hydrogen) atoms. The summed E-state index contributed by atoms with van der Waals surface area (Å²) in [5.41, 5.74) is -1.07. The number of hydrogen-bond acceptors (Lipinski definition) is 12. The van der Waals surface area contributed by atoms with Crippen LogP contribution < -0.4 is 15.4 Å². The van der Waals surface area contributed by atoms with Crippen molar-refractivity contribution >= 4 is 18.2 Å². The number of rotatable bonds is 13. The van der Waals surface area contributed by atoms with Gasteiger partial charge in [0.15, 0.2) is 0 Å². The lowest BCUT2D eigenvalue weighted by Gasteiger charge is -2.37. The van der Waals surface area contributed by atoms with E-state index in [1.807, 2.05) is 0 Å². The number of hydrogen-bond donors (Lipinski definition) is 8. The van der Waals surface area contributed by atoms with E-state index in [1.54, 1.807) is 0 Å². The first-order chi connectivity index (χ1) is 18.9. The minimum absolute atomic E-state index is 0.0103. The van der Waals surface area contributed by atoms with E-state index in [0.717, 1.165) is 6.07 Å². The van der Waals surface area contributed by atoms with Crippen LogP contribution in [0, 0.1) is 0 Å². The van der Waals surface area contributed by atoms with E-state index in [0.29, 0.717) is 19.5 Å². The fourth-order valence-corrected chi connectivity index (χ4v) is 4.26. The third-order valence-electron chi connectivity index (χ3n) is 6.42. The Morgan fingerprint density at radius 1 is 1.07 bits per heavy atom. The molecule has 0 spiro atoms. The predicted molar refractivity (Wildman–Crippen MR) is 136 cm³/mol. The van der Waals surface area contributed by atoms with E-state index >= 15 is 0 Å². The number of nitrogens with one attached hydrogen (secondary N) is 2. The van der Waals surface area contributed by atoms with Crippen molar-refractivity contribution in [2.75, 3.05) is 33.4 Å². The molecule has 1 fully saturated rings. The predicted octanol–water partition coefficient (Wildman–Crippen LogP) is -1.34. The van der Waals surface area contributed by atoms with Crippen LogP contribution >= 0.6 is 0 Å². The number of carbonyl (C=O) groups is 3. The topological polar surface area (TPSA) is 218 Å². The highest BCUT2D eigenvalue weighted by atomic mass is 16.8. The first-order valence-corrected chi connectivity index (χ1v) is 12.4. The summed E-state index contributed by atoms with van der Waals surface area (Å²) in [4.78, 5) is 36.3. The second-order valence-corrected chi connectivity index (χ2v) is 9.03. The van der Waals surface area contributed by atoms with Gasteiger partial charge in [0.2, 0.25) is 5.91 Å². The molecule has 1 amide bonds. The van der Waals surface area contributed by atoms with Gasteiger partial charge in [-0.15, -0.1) is 0 Å². The number of amides is 1. The molecule has 2 aromatic carbocycles. The zero-order valence-corrected chi connectivity index (χ0v) is 21.7. The summed E-state index contributed by atoms with van der Waals surface area (Å²) in [5.74, 6) is -7.89. The molecule has 1 saturated heterocycles. The average Bonchev–Trinajstić information content (AvgIpc) is 2.94. The minimum atomic E-state index is -3.06. The Kier molecular flexibility index (Phi) is 10.3. The van der Waals surface area contributed by atoms with Crippen molar-refractivity contribution in [2.45, 2.75) is 37.0 Å². The highest BCUT2D eigenvalue weighted by molar-refractivity contribution is 5.90. The molecule has 14 nitrogen and oxygen atoms in total. The molecule has 0 aromatic heterocycles. The highest BCUT2D eigenvalue weighted by Crippen LogP contribution is 2.34. The van der Waals surface area contributed by atoms with Gasteiger partial charge in [-0.1, -0.05) is 18.2 Å². The lowest BCUT2D eigenvalue weighted by atomic mass is 10.0. The Bertz CT molecular complexity index is 1180. The number of aliphatic hydroxyl groups excluding tert-OH is 1. The van der Waals surface area contributed by atoms with Gasteiger partial charge >= 0.3 is 11.9 Å². The summed E-state index contributed by atoms with van der Waals surface area (Å²) in [5, 5.41) is 68.3. The molecule has 0 aliphatic carbocycles. The maximum absolute atomic E-state index is 12.2. The summed E-state index contributed by atoms with van der Waals surface area (Å²) >= 11 is 0. The van der Waals surface area contributed by atoms with E-state index in [2.05, 4.69) is 10.6 Å².